The van der Waals surface area contributed by atoms with Crippen LogP contribution in [0.4, 0.5) is 17.5 Å². The number of aromatic nitrogens is 2. The number of benzene rings is 1. The summed E-state index contributed by atoms with van der Waals surface area (Å²) in [7, 11) is 0. The molecule has 2 heterocycles. The fraction of sp³-hybridized carbons (Fsp3) is 0.217. The van der Waals surface area contributed by atoms with Gasteiger partial charge in [0.05, 0.1) is 18.2 Å². The standard InChI is InChI=1S/C23H24N5/c1-2-18-8-4-5-9-21(18)26-22-14-15-24-23(27-22)25-19-10-12-20(13-11-19)28-16-6-3-7-17-28/h3-6,8-10,12-15H,2,7,16-17H2,1H3,(H2,24,25,26,27)/q+1. The van der Waals surface area contributed by atoms with Crippen LogP contribution < -0.4 is 10.6 Å². The molecule has 5 heteroatoms. The molecule has 1 aliphatic heterocycles. The van der Waals surface area contributed by atoms with Crippen molar-refractivity contribution >= 4 is 17.5 Å². The molecule has 0 atom stereocenters. The van der Waals surface area contributed by atoms with Crippen LogP contribution in [0.2, 0.25) is 0 Å². The molecule has 0 saturated heterocycles. The third-order valence-corrected chi connectivity index (χ3v) is 4.78. The smallest absolute Gasteiger partial charge is 0.231 e. The minimum absolute atomic E-state index is 0.545. The Morgan fingerprint density at radius 2 is 2.04 bits per heavy atom. The van der Waals surface area contributed by atoms with Crippen molar-refractivity contribution in [2.75, 3.05) is 23.7 Å². The Labute approximate surface area is 166 Å². The SMILES string of the molecule is CCc1ccccc1Nc1ccnc(NC2=[C+]C=C(N3CC=CCC3)C=C2)n1. The highest BCUT2D eigenvalue weighted by Crippen LogP contribution is 2.21. The summed E-state index contributed by atoms with van der Waals surface area (Å²) < 4.78 is 0. The second-order valence-electron chi connectivity index (χ2n) is 6.69. The van der Waals surface area contributed by atoms with Gasteiger partial charge in [0, 0.05) is 25.0 Å². The molecule has 5 nitrogen and oxygen atoms in total. The quantitative estimate of drug-likeness (QED) is 0.575. The molecule has 0 fully saturated rings. The Bertz CT molecular complexity index is 955. The number of anilines is 3. The maximum absolute atomic E-state index is 4.58. The second kappa shape index (κ2) is 8.51. The molecule has 140 valence electrons. The van der Waals surface area contributed by atoms with E-state index in [0.29, 0.717) is 5.95 Å². The van der Waals surface area contributed by atoms with E-state index in [1.165, 1.54) is 11.3 Å². The summed E-state index contributed by atoms with van der Waals surface area (Å²) in [5.74, 6) is 1.30. The van der Waals surface area contributed by atoms with Gasteiger partial charge < -0.3 is 10.2 Å². The van der Waals surface area contributed by atoms with Crippen molar-refractivity contribution in [3.63, 3.8) is 0 Å². The van der Waals surface area contributed by atoms with Gasteiger partial charge in [0.25, 0.3) is 0 Å². The first-order chi connectivity index (χ1) is 13.8. The minimum Gasteiger partial charge on any atom is -0.340 e. The molecular weight excluding hydrogens is 346 g/mol. The lowest BCUT2D eigenvalue weighted by molar-refractivity contribution is 0.386. The summed E-state index contributed by atoms with van der Waals surface area (Å²) in [6.45, 7) is 4.15. The zero-order chi connectivity index (χ0) is 19.2. The number of aryl methyl sites for hydroxylation is 1. The molecule has 1 aromatic carbocycles. The molecule has 2 aliphatic rings. The summed E-state index contributed by atoms with van der Waals surface area (Å²) in [5, 5.41) is 6.63. The number of nitrogens with one attached hydrogen (secondary N) is 2. The Balaban J connectivity index is 1.44. The Hall–Kier alpha value is -3.43. The predicted octanol–water partition coefficient (Wildman–Crippen LogP) is 4.60. The van der Waals surface area contributed by atoms with Gasteiger partial charge in [-0.15, -0.1) is 0 Å². The minimum atomic E-state index is 0.545. The van der Waals surface area contributed by atoms with Gasteiger partial charge in [-0.25, -0.2) is 4.98 Å². The van der Waals surface area contributed by atoms with Gasteiger partial charge in [0.1, 0.15) is 17.6 Å². The largest absolute Gasteiger partial charge is 0.340 e. The Morgan fingerprint density at radius 3 is 2.82 bits per heavy atom. The van der Waals surface area contributed by atoms with Gasteiger partial charge in [0.15, 0.2) is 0 Å². The van der Waals surface area contributed by atoms with Crippen LogP contribution >= 0.6 is 0 Å². The lowest BCUT2D eigenvalue weighted by Gasteiger charge is -2.22. The van der Waals surface area contributed by atoms with E-state index in [1.54, 1.807) is 6.20 Å². The zero-order valence-corrected chi connectivity index (χ0v) is 16.0. The highest BCUT2D eigenvalue weighted by Gasteiger charge is 2.17. The van der Waals surface area contributed by atoms with Crippen LogP contribution in [0.1, 0.15) is 18.9 Å². The molecule has 1 aromatic heterocycles. The fourth-order valence-corrected chi connectivity index (χ4v) is 3.26. The van der Waals surface area contributed by atoms with E-state index >= 15 is 0 Å². The summed E-state index contributed by atoms with van der Waals surface area (Å²) in [6, 6.07) is 10.1. The van der Waals surface area contributed by atoms with Crippen LogP contribution in [0.25, 0.3) is 0 Å². The molecular formula is C23H24N5+. The molecule has 0 bridgehead atoms. The highest BCUT2D eigenvalue weighted by molar-refractivity contribution is 5.61. The molecule has 0 amide bonds. The molecule has 0 radical (unpaired) electrons. The number of hydrogen-bond donors (Lipinski definition) is 2. The maximum atomic E-state index is 4.58. The van der Waals surface area contributed by atoms with E-state index in [4.69, 9.17) is 0 Å². The maximum Gasteiger partial charge on any atom is 0.231 e. The van der Waals surface area contributed by atoms with Crippen LogP contribution in [0.5, 0.6) is 0 Å². The second-order valence-corrected chi connectivity index (χ2v) is 6.69. The van der Waals surface area contributed by atoms with E-state index in [1.807, 2.05) is 24.3 Å². The molecule has 2 N–H and O–H groups in total. The van der Waals surface area contributed by atoms with Gasteiger partial charge in [-0.2, -0.15) is 4.98 Å². The predicted molar refractivity (Wildman–Crippen MR) is 114 cm³/mol. The number of rotatable bonds is 6. The number of para-hydroxylation sites is 1. The van der Waals surface area contributed by atoms with Crippen molar-refractivity contribution in [1.29, 1.82) is 0 Å². The Kier molecular flexibility index (Phi) is 5.46. The molecule has 4 rings (SSSR count). The van der Waals surface area contributed by atoms with Crippen LogP contribution in [-0.4, -0.2) is 28.0 Å². The highest BCUT2D eigenvalue weighted by atomic mass is 15.1. The van der Waals surface area contributed by atoms with E-state index in [0.717, 1.165) is 43.1 Å². The van der Waals surface area contributed by atoms with Crippen LogP contribution in [0, 0.1) is 6.08 Å². The van der Waals surface area contributed by atoms with Crippen molar-refractivity contribution in [2.24, 2.45) is 0 Å². The molecule has 2 aromatic rings. The van der Waals surface area contributed by atoms with Gasteiger partial charge in [-0.05, 0) is 30.5 Å². The van der Waals surface area contributed by atoms with Crippen molar-refractivity contribution in [3.8, 4) is 0 Å². The first kappa shape index (κ1) is 18.0. The molecule has 0 unspecified atom stereocenters. The first-order valence-electron chi connectivity index (χ1n) is 9.68. The molecule has 0 spiro atoms. The summed E-state index contributed by atoms with van der Waals surface area (Å²) in [6.07, 6.45) is 17.7. The monoisotopic (exact) mass is 370 g/mol. The van der Waals surface area contributed by atoms with E-state index in [9.17, 15) is 0 Å². The van der Waals surface area contributed by atoms with Crippen molar-refractivity contribution in [3.05, 3.63) is 89.9 Å². The lowest BCUT2D eigenvalue weighted by atomic mass is 10.1. The average Bonchev–Trinajstić information content (AvgIpc) is 2.76. The number of allylic oxidation sites excluding steroid dienone is 4. The topological polar surface area (TPSA) is 53.1 Å². The number of nitrogens with zero attached hydrogens (tertiary/aromatic N) is 3. The van der Waals surface area contributed by atoms with Gasteiger partial charge in [-0.3, -0.25) is 5.32 Å². The molecule has 1 aliphatic carbocycles. The first-order valence-corrected chi connectivity index (χ1v) is 9.68. The third-order valence-electron chi connectivity index (χ3n) is 4.78. The fourth-order valence-electron chi connectivity index (χ4n) is 3.26. The van der Waals surface area contributed by atoms with Gasteiger partial charge >= 0.3 is 0 Å². The third kappa shape index (κ3) is 4.27. The average molecular weight is 370 g/mol. The normalized spacial score (nSPS) is 15.5. The van der Waals surface area contributed by atoms with E-state index in [2.05, 4.69) is 74.9 Å². The molecule has 28 heavy (non-hydrogen) atoms. The van der Waals surface area contributed by atoms with Crippen LogP contribution in [0.15, 0.2) is 78.3 Å². The lowest BCUT2D eigenvalue weighted by Crippen LogP contribution is -2.26. The summed E-state index contributed by atoms with van der Waals surface area (Å²) in [5.41, 5.74) is 4.36. The summed E-state index contributed by atoms with van der Waals surface area (Å²) in [4.78, 5) is 11.2. The summed E-state index contributed by atoms with van der Waals surface area (Å²) >= 11 is 0. The molecule has 0 saturated carbocycles. The zero-order valence-electron chi connectivity index (χ0n) is 16.0. The van der Waals surface area contributed by atoms with Crippen molar-refractivity contribution < 1.29 is 0 Å². The van der Waals surface area contributed by atoms with Crippen LogP contribution in [-0.2, 0) is 6.42 Å². The van der Waals surface area contributed by atoms with Crippen molar-refractivity contribution in [1.82, 2.24) is 14.9 Å². The van der Waals surface area contributed by atoms with Crippen LogP contribution in [0.3, 0.4) is 0 Å². The number of hydrogen-bond acceptors (Lipinski definition) is 5. The Morgan fingerprint density at radius 1 is 1.11 bits per heavy atom. The van der Waals surface area contributed by atoms with Gasteiger partial charge in [0.2, 0.25) is 11.6 Å². The van der Waals surface area contributed by atoms with E-state index < -0.39 is 0 Å². The van der Waals surface area contributed by atoms with Gasteiger partial charge in [-0.1, -0.05) is 37.3 Å². The van der Waals surface area contributed by atoms with Crippen molar-refractivity contribution in [2.45, 2.75) is 19.8 Å². The van der Waals surface area contributed by atoms with E-state index in [-0.39, 0.29) is 0 Å².